The van der Waals surface area contributed by atoms with Crippen molar-refractivity contribution >= 4 is 74.0 Å². The normalized spacial score (nSPS) is 11.0. The van der Waals surface area contributed by atoms with Crippen molar-refractivity contribution in [1.82, 2.24) is 10.3 Å². The number of rotatable bonds is 3. The Balaban J connectivity index is 1.34. The number of nitrogens with one attached hydrogen (secondary N) is 2. The molecule has 4 aromatic carbocycles. The maximum absolute atomic E-state index is 12.9. The van der Waals surface area contributed by atoms with E-state index in [4.69, 9.17) is 39.8 Å². The van der Waals surface area contributed by atoms with Gasteiger partial charge >= 0.3 is 0 Å². The Hall–Kier alpha value is -3.45. The van der Waals surface area contributed by atoms with Crippen molar-refractivity contribution in [3.63, 3.8) is 0 Å². The van der Waals surface area contributed by atoms with E-state index >= 15 is 0 Å². The molecule has 0 bridgehead atoms. The molecular weight excluding hydrogens is 477 g/mol. The minimum Gasteiger partial charge on any atom is -0.436 e. The molecule has 0 unspecified atom stereocenters. The van der Waals surface area contributed by atoms with Crippen molar-refractivity contribution in [1.29, 1.82) is 0 Å². The molecule has 0 aliphatic heterocycles. The summed E-state index contributed by atoms with van der Waals surface area (Å²) < 4.78 is 5.83. The van der Waals surface area contributed by atoms with Gasteiger partial charge in [-0.05, 0) is 66.1 Å². The van der Waals surface area contributed by atoms with Crippen LogP contribution in [0.5, 0.6) is 0 Å². The van der Waals surface area contributed by atoms with Crippen molar-refractivity contribution in [3.8, 4) is 11.5 Å². The van der Waals surface area contributed by atoms with Crippen LogP contribution in [-0.4, -0.2) is 16.0 Å². The monoisotopic (exact) mass is 491 g/mol. The van der Waals surface area contributed by atoms with Crippen LogP contribution in [0.1, 0.15) is 10.4 Å². The van der Waals surface area contributed by atoms with Gasteiger partial charge in [-0.1, -0.05) is 53.5 Å². The fourth-order valence-corrected chi connectivity index (χ4v) is 4.17. The van der Waals surface area contributed by atoms with E-state index in [2.05, 4.69) is 15.6 Å². The highest BCUT2D eigenvalue weighted by Gasteiger charge is 2.14. The Bertz CT molecular complexity index is 1550. The molecule has 0 aliphatic rings. The molecular formula is C25H15Cl2N3O2S. The summed E-state index contributed by atoms with van der Waals surface area (Å²) in [7, 11) is 0. The first-order valence-electron chi connectivity index (χ1n) is 9.94. The molecule has 0 atom stereocenters. The predicted molar refractivity (Wildman–Crippen MR) is 137 cm³/mol. The number of fused-ring (bicyclic) bond motifs is 2. The Morgan fingerprint density at radius 2 is 1.70 bits per heavy atom. The highest BCUT2D eigenvalue weighted by Crippen LogP contribution is 2.28. The Kier molecular flexibility index (Phi) is 5.72. The van der Waals surface area contributed by atoms with E-state index in [0.717, 1.165) is 16.3 Å². The summed E-state index contributed by atoms with van der Waals surface area (Å²) >= 11 is 17.7. The van der Waals surface area contributed by atoms with Crippen molar-refractivity contribution in [2.24, 2.45) is 0 Å². The van der Waals surface area contributed by atoms with Crippen LogP contribution in [-0.2, 0) is 0 Å². The van der Waals surface area contributed by atoms with Crippen molar-refractivity contribution in [2.45, 2.75) is 0 Å². The smallest absolute Gasteiger partial charge is 0.258 e. The summed E-state index contributed by atoms with van der Waals surface area (Å²) in [5.74, 6) is 0.130. The average Bonchev–Trinajstić information content (AvgIpc) is 3.22. The van der Waals surface area contributed by atoms with Gasteiger partial charge in [-0.25, -0.2) is 4.98 Å². The summed E-state index contributed by atoms with van der Waals surface area (Å²) in [6.45, 7) is 0. The molecule has 5 rings (SSSR count). The molecule has 2 N–H and O–H groups in total. The van der Waals surface area contributed by atoms with Crippen LogP contribution in [0.15, 0.2) is 83.3 Å². The molecule has 0 aliphatic carbocycles. The molecule has 1 amide bonds. The molecule has 1 aromatic heterocycles. The zero-order valence-corrected chi connectivity index (χ0v) is 19.3. The lowest BCUT2D eigenvalue weighted by Gasteiger charge is -2.12. The molecule has 0 spiro atoms. The first kappa shape index (κ1) is 21.4. The van der Waals surface area contributed by atoms with Crippen LogP contribution < -0.4 is 10.6 Å². The van der Waals surface area contributed by atoms with Crippen LogP contribution in [0.4, 0.5) is 5.69 Å². The highest BCUT2D eigenvalue weighted by molar-refractivity contribution is 7.80. The lowest BCUT2D eigenvalue weighted by Crippen LogP contribution is -2.34. The number of amides is 1. The van der Waals surface area contributed by atoms with Gasteiger partial charge < -0.3 is 9.73 Å². The Morgan fingerprint density at radius 3 is 2.58 bits per heavy atom. The van der Waals surface area contributed by atoms with Gasteiger partial charge in [-0.15, -0.1) is 0 Å². The minimum absolute atomic E-state index is 0.167. The molecule has 0 saturated heterocycles. The standard InChI is InChI=1S/C25H15Cl2N3O2S/c26-15-10-11-22-21(13-15)29-24(32-22)14-4-1-5-16(12-14)28-25(33)30-23(31)19-8-2-7-18-17(19)6-3-9-20(18)27/h1-13H,(H2,28,30,31,33). The van der Waals surface area contributed by atoms with Gasteiger partial charge in [-0.2, -0.15) is 0 Å². The third kappa shape index (κ3) is 4.41. The summed E-state index contributed by atoms with van der Waals surface area (Å²) in [4.78, 5) is 17.4. The Labute approximate surface area is 204 Å². The highest BCUT2D eigenvalue weighted by atomic mass is 35.5. The molecule has 8 heteroatoms. The number of aromatic nitrogens is 1. The largest absolute Gasteiger partial charge is 0.436 e. The van der Waals surface area contributed by atoms with E-state index in [0.29, 0.717) is 38.3 Å². The topological polar surface area (TPSA) is 67.2 Å². The number of oxazole rings is 1. The second kappa shape index (κ2) is 8.83. The van der Waals surface area contributed by atoms with E-state index in [1.165, 1.54) is 0 Å². The van der Waals surface area contributed by atoms with Gasteiger partial charge in [0, 0.05) is 32.2 Å². The van der Waals surface area contributed by atoms with Gasteiger partial charge in [0.05, 0.1) is 0 Å². The first-order valence-corrected chi connectivity index (χ1v) is 11.1. The lowest BCUT2D eigenvalue weighted by atomic mass is 10.0. The molecule has 0 radical (unpaired) electrons. The van der Waals surface area contributed by atoms with Crippen LogP contribution in [0.25, 0.3) is 33.3 Å². The van der Waals surface area contributed by atoms with Gasteiger partial charge in [0.15, 0.2) is 10.7 Å². The third-order valence-corrected chi connectivity index (χ3v) is 5.83. The number of carbonyl (C=O) groups is 1. The van der Waals surface area contributed by atoms with E-state index in [-0.39, 0.29) is 11.0 Å². The minimum atomic E-state index is -0.327. The summed E-state index contributed by atoms with van der Waals surface area (Å²) in [6, 6.07) is 23.5. The first-order chi connectivity index (χ1) is 16.0. The van der Waals surface area contributed by atoms with Gasteiger partial charge in [-0.3, -0.25) is 10.1 Å². The average molecular weight is 492 g/mol. The number of thiocarbonyl (C=S) groups is 1. The predicted octanol–water partition coefficient (Wildman–Crippen LogP) is 7.08. The van der Waals surface area contributed by atoms with Crippen LogP contribution >= 0.6 is 35.4 Å². The zero-order chi connectivity index (χ0) is 22.9. The molecule has 0 fully saturated rings. The SMILES string of the molecule is O=C(NC(=S)Nc1cccc(-c2nc3cc(Cl)ccc3o2)c1)c1cccc2c(Cl)cccc12. The number of halogens is 2. The van der Waals surface area contributed by atoms with Crippen molar-refractivity contribution < 1.29 is 9.21 Å². The quantitative estimate of drug-likeness (QED) is 0.264. The van der Waals surface area contributed by atoms with Crippen LogP contribution in [0.3, 0.4) is 0 Å². The fraction of sp³-hybridized carbons (Fsp3) is 0. The second-order valence-corrected chi connectivity index (χ2v) is 8.51. The number of anilines is 1. The zero-order valence-electron chi connectivity index (χ0n) is 16.9. The van der Waals surface area contributed by atoms with Crippen molar-refractivity contribution in [2.75, 3.05) is 5.32 Å². The summed E-state index contributed by atoms with van der Waals surface area (Å²) in [6.07, 6.45) is 0. The number of benzene rings is 4. The molecule has 162 valence electrons. The molecule has 5 aromatic rings. The maximum Gasteiger partial charge on any atom is 0.258 e. The van der Waals surface area contributed by atoms with Crippen LogP contribution in [0.2, 0.25) is 10.0 Å². The fourth-order valence-electron chi connectivity index (χ4n) is 3.56. The van der Waals surface area contributed by atoms with E-state index in [9.17, 15) is 4.79 Å². The van der Waals surface area contributed by atoms with E-state index < -0.39 is 0 Å². The number of carbonyl (C=O) groups excluding carboxylic acids is 1. The van der Waals surface area contributed by atoms with Crippen LogP contribution in [0, 0.1) is 0 Å². The van der Waals surface area contributed by atoms with E-state index in [1.807, 2.05) is 42.5 Å². The molecule has 1 heterocycles. The van der Waals surface area contributed by atoms with Gasteiger partial charge in [0.25, 0.3) is 5.91 Å². The second-order valence-electron chi connectivity index (χ2n) is 7.26. The third-order valence-electron chi connectivity index (χ3n) is 5.06. The summed E-state index contributed by atoms with van der Waals surface area (Å²) in [5.41, 5.74) is 3.24. The Morgan fingerprint density at radius 1 is 0.909 bits per heavy atom. The maximum atomic E-state index is 12.9. The molecule has 5 nitrogen and oxygen atoms in total. The number of hydrogen-bond acceptors (Lipinski definition) is 4. The lowest BCUT2D eigenvalue weighted by molar-refractivity contribution is 0.0979. The molecule has 0 saturated carbocycles. The summed E-state index contributed by atoms with van der Waals surface area (Å²) in [5, 5.41) is 8.66. The van der Waals surface area contributed by atoms with Gasteiger partial charge in [0.1, 0.15) is 5.52 Å². The number of hydrogen-bond donors (Lipinski definition) is 2. The number of nitrogens with zero attached hydrogens (tertiary/aromatic N) is 1. The van der Waals surface area contributed by atoms with E-state index in [1.54, 1.807) is 36.4 Å². The van der Waals surface area contributed by atoms with Gasteiger partial charge in [0.2, 0.25) is 5.89 Å². The van der Waals surface area contributed by atoms with Crippen molar-refractivity contribution in [3.05, 3.63) is 94.5 Å². The molecule has 33 heavy (non-hydrogen) atoms.